The van der Waals surface area contributed by atoms with Crippen molar-refractivity contribution >= 4 is 17.3 Å². The van der Waals surface area contributed by atoms with Crippen LogP contribution in [0.25, 0.3) is 0 Å². The average molecular weight is 360 g/mol. The number of nitrogens with one attached hydrogen (secondary N) is 1. The van der Waals surface area contributed by atoms with Gasteiger partial charge in [0.25, 0.3) is 0 Å². The smallest absolute Gasteiger partial charge is 0.203 e. The first-order chi connectivity index (χ1) is 12.5. The van der Waals surface area contributed by atoms with Gasteiger partial charge < -0.3 is 24.4 Å². The Labute approximate surface area is 155 Å². The second-order valence-electron chi connectivity index (χ2n) is 5.97. The Morgan fingerprint density at radius 3 is 2.19 bits per heavy atom. The lowest BCUT2D eigenvalue weighted by molar-refractivity contribution is 0.324. The molecule has 0 aliphatic rings. The number of ether oxygens (including phenoxy) is 3. The van der Waals surface area contributed by atoms with Crippen molar-refractivity contribution in [3.63, 3.8) is 0 Å². The van der Waals surface area contributed by atoms with E-state index >= 15 is 0 Å². The van der Waals surface area contributed by atoms with E-state index in [-0.39, 0.29) is 0 Å². The highest BCUT2D eigenvalue weighted by Crippen LogP contribution is 2.40. The van der Waals surface area contributed by atoms with Gasteiger partial charge in [-0.2, -0.15) is 0 Å². The number of nitrogens with zero attached hydrogens (tertiary/aromatic N) is 3. The number of hydrogen-bond donors (Lipinski definition) is 1. The van der Waals surface area contributed by atoms with Gasteiger partial charge in [-0.05, 0) is 13.3 Å². The normalized spacial score (nSPS) is 10.4. The molecular formula is C19H28N4O3. The first kappa shape index (κ1) is 19.6. The molecule has 2 aromatic rings. The lowest BCUT2D eigenvalue weighted by Gasteiger charge is -2.19. The molecule has 0 unspecified atom stereocenters. The summed E-state index contributed by atoms with van der Waals surface area (Å²) in [5.74, 6) is 4.03. The number of hydrogen-bond acceptors (Lipinski definition) is 7. The molecule has 0 atom stereocenters. The van der Waals surface area contributed by atoms with Gasteiger partial charge in [0, 0.05) is 37.5 Å². The fourth-order valence-electron chi connectivity index (χ4n) is 2.62. The molecular weight excluding hydrogens is 332 g/mol. The predicted octanol–water partition coefficient (Wildman–Crippen LogP) is 3.79. The summed E-state index contributed by atoms with van der Waals surface area (Å²) in [5, 5.41) is 3.30. The minimum absolute atomic E-state index is 0.555. The van der Waals surface area contributed by atoms with Gasteiger partial charge >= 0.3 is 0 Å². The second-order valence-corrected chi connectivity index (χ2v) is 5.97. The number of rotatable bonds is 9. The van der Waals surface area contributed by atoms with E-state index in [9.17, 15) is 0 Å². The first-order valence-electron chi connectivity index (χ1n) is 8.66. The van der Waals surface area contributed by atoms with Crippen molar-refractivity contribution in [2.45, 2.75) is 26.7 Å². The molecule has 142 valence electrons. The molecule has 26 heavy (non-hydrogen) atoms. The number of aryl methyl sites for hydroxylation is 1. The molecule has 7 nitrogen and oxygen atoms in total. The average Bonchev–Trinajstić information content (AvgIpc) is 2.64. The standard InChI is InChI=1S/C19H28N4O3/c1-7-8-9-23(3)18-12-17(20-13(2)21-18)22-14-10-15(24-4)19(26-6)16(11-14)25-5/h10-12H,7-9H2,1-6H3,(H,20,21,22). The zero-order chi connectivity index (χ0) is 19.1. The van der Waals surface area contributed by atoms with Crippen molar-refractivity contribution in [2.24, 2.45) is 0 Å². The van der Waals surface area contributed by atoms with E-state index in [1.54, 1.807) is 21.3 Å². The van der Waals surface area contributed by atoms with E-state index in [1.165, 1.54) is 0 Å². The van der Waals surface area contributed by atoms with Crippen LogP contribution in [0.1, 0.15) is 25.6 Å². The number of methoxy groups -OCH3 is 3. The molecule has 0 aliphatic carbocycles. The Morgan fingerprint density at radius 1 is 1.00 bits per heavy atom. The fraction of sp³-hybridized carbons (Fsp3) is 0.474. The Kier molecular flexibility index (Phi) is 6.89. The topological polar surface area (TPSA) is 68.7 Å². The van der Waals surface area contributed by atoms with Gasteiger partial charge in [0.1, 0.15) is 17.5 Å². The third kappa shape index (κ3) is 4.68. The molecule has 0 bridgehead atoms. The van der Waals surface area contributed by atoms with Gasteiger partial charge in [0.2, 0.25) is 5.75 Å². The Balaban J connectivity index is 2.32. The summed E-state index contributed by atoms with van der Waals surface area (Å²) in [6.45, 7) is 5.02. The minimum atomic E-state index is 0.555. The maximum Gasteiger partial charge on any atom is 0.203 e. The Bertz CT molecular complexity index is 712. The summed E-state index contributed by atoms with van der Waals surface area (Å²) in [4.78, 5) is 11.1. The van der Waals surface area contributed by atoms with Crippen LogP contribution in [0.5, 0.6) is 17.2 Å². The summed E-state index contributed by atoms with van der Waals surface area (Å²) in [6.07, 6.45) is 2.26. The maximum atomic E-state index is 5.40. The van der Waals surface area contributed by atoms with E-state index in [1.807, 2.05) is 32.2 Å². The Hall–Kier alpha value is -2.70. The lowest BCUT2D eigenvalue weighted by Crippen LogP contribution is -2.20. The van der Waals surface area contributed by atoms with Crippen LogP contribution in [0, 0.1) is 6.92 Å². The van der Waals surface area contributed by atoms with Crippen molar-refractivity contribution in [2.75, 3.05) is 45.1 Å². The maximum absolute atomic E-state index is 5.40. The summed E-state index contributed by atoms with van der Waals surface area (Å²) in [6, 6.07) is 5.63. The third-order valence-corrected chi connectivity index (χ3v) is 4.00. The highest BCUT2D eigenvalue weighted by atomic mass is 16.5. The number of anilines is 3. The summed E-state index contributed by atoms with van der Waals surface area (Å²) in [7, 11) is 6.81. The van der Waals surface area contributed by atoms with Crippen LogP contribution >= 0.6 is 0 Å². The van der Waals surface area contributed by atoms with Crippen molar-refractivity contribution in [1.82, 2.24) is 9.97 Å². The molecule has 1 aromatic heterocycles. The van der Waals surface area contributed by atoms with E-state index in [4.69, 9.17) is 14.2 Å². The van der Waals surface area contributed by atoms with Crippen LogP contribution in [0.4, 0.5) is 17.3 Å². The lowest BCUT2D eigenvalue weighted by atomic mass is 10.2. The molecule has 2 rings (SSSR count). The quantitative estimate of drug-likeness (QED) is 0.729. The van der Waals surface area contributed by atoms with Crippen molar-refractivity contribution in [3.05, 3.63) is 24.0 Å². The molecule has 1 heterocycles. The molecule has 1 N–H and O–H groups in total. The van der Waals surface area contributed by atoms with Gasteiger partial charge in [-0.3, -0.25) is 0 Å². The van der Waals surface area contributed by atoms with E-state index < -0.39 is 0 Å². The van der Waals surface area contributed by atoms with Gasteiger partial charge in [-0.15, -0.1) is 0 Å². The molecule has 0 spiro atoms. The molecule has 0 radical (unpaired) electrons. The van der Waals surface area contributed by atoms with Gasteiger partial charge in [0.05, 0.1) is 21.3 Å². The number of benzene rings is 1. The van der Waals surface area contributed by atoms with Crippen LogP contribution in [-0.4, -0.2) is 44.9 Å². The van der Waals surface area contributed by atoms with Crippen LogP contribution in [0.3, 0.4) is 0 Å². The van der Waals surface area contributed by atoms with Gasteiger partial charge in [-0.1, -0.05) is 13.3 Å². The molecule has 0 saturated heterocycles. The molecule has 0 amide bonds. The molecule has 0 saturated carbocycles. The van der Waals surface area contributed by atoms with Gasteiger partial charge in [-0.25, -0.2) is 9.97 Å². The monoisotopic (exact) mass is 360 g/mol. The van der Waals surface area contributed by atoms with E-state index in [2.05, 4.69) is 27.1 Å². The summed E-state index contributed by atoms with van der Waals surface area (Å²) >= 11 is 0. The third-order valence-electron chi connectivity index (χ3n) is 4.00. The molecule has 1 aromatic carbocycles. The van der Waals surface area contributed by atoms with Crippen molar-refractivity contribution < 1.29 is 14.2 Å². The molecule has 0 fully saturated rings. The van der Waals surface area contributed by atoms with Crippen LogP contribution in [-0.2, 0) is 0 Å². The van der Waals surface area contributed by atoms with Crippen LogP contribution < -0.4 is 24.4 Å². The number of unbranched alkanes of at least 4 members (excludes halogenated alkanes) is 1. The fourth-order valence-corrected chi connectivity index (χ4v) is 2.62. The zero-order valence-electron chi connectivity index (χ0n) is 16.4. The number of aromatic nitrogens is 2. The molecule has 0 aliphatic heterocycles. The van der Waals surface area contributed by atoms with E-state index in [0.29, 0.717) is 28.9 Å². The largest absolute Gasteiger partial charge is 0.493 e. The van der Waals surface area contributed by atoms with Crippen molar-refractivity contribution in [1.29, 1.82) is 0 Å². The van der Waals surface area contributed by atoms with Crippen LogP contribution in [0.15, 0.2) is 18.2 Å². The summed E-state index contributed by atoms with van der Waals surface area (Å²) in [5.41, 5.74) is 0.791. The highest BCUT2D eigenvalue weighted by Gasteiger charge is 2.14. The van der Waals surface area contributed by atoms with Crippen LogP contribution in [0.2, 0.25) is 0 Å². The van der Waals surface area contributed by atoms with Crippen molar-refractivity contribution in [3.8, 4) is 17.2 Å². The van der Waals surface area contributed by atoms with E-state index in [0.717, 1.165) is 30.9 Å². The SMILES string of the molecule is CCCCN(C)c1cc(Nc2cc(OC)c(OC)c(OC)c2)nc(C)n1. The summed E-state index contributed by atoms with van der Waals surface area (Å²) < 4.78 is 16.2. The van der Waals surface area contributed by atoms with Gasteiger partial charge in [0.15, 0.2) is 11.5 Å². The zero-order valence-corrected chi connectivity index (χ0v) is 16.4. The highest BCUT2D eigenvalue weighted by molar-refractivity contribution is 5.67. The second kappa shape index (κ2) is 9.12. The predicted molar refractivity (Wildman–Crippen MR) is 104 cm³/mol. The minimum Gasteiger partial charge on any atom is -0.493 e. The Morgan fingerprint density at radius 2 is 1.65 bits per heavy atom. The molecule has 7 heteroatoms. The first-order valence-corrected chi connectivity index (χ1v) is 8.66.